The van der Waals surface area contributed by atoms with E-state index in [4.69, 9.17) is 18.8 Å². The van der Waals surface area contributed by atoms with Crippen LogP contribution in [0.5, 0.6) is 0 Å². The minimum absolute atomic E-state index is 0.677. The van der Waals surface area contributed by atoms with Crippen LogP contribution in [-0.4, -0.2) is 15.0 Å². The van der Waals surface area contributed by atoms with E-state index in [0.717, 1.165) is 105 Å². The van der Waals surface area contributed by atoms with Crippen LogP contribution in [0.2, 0.25) is 0 Å². The van der Waals surface area contributed by atoms with Gasteiger partial charge >= 0.3 is 0 Å². The molecule has 0 unspecified atom stereocenters. The molecule has 11 aromatic rings. The number of furan rings is 2. The van der Waals surface area contributed by atoms with Crippen LogP contribution < -0.4 is 0 Å². The third-order valence-electron chi connectivity index (χ3n) is 10.6. The molecule has 5 nitrogen and oxygen atoms in total. The molecule has 0 bridgehead atoms. The van der Waals surface area contributed by atoms with Gasteiger partial charge < -0.3 is 8.83 Å². The van der Waals surface area contributed by atoms with E-state index in [0.29, 0.717) is 5.82 Å². The highest BCUT2D eigenvalue weighted by Gasteiger charge is 2.19. The molecule has 4 aromatic heterocycles. The van der Waals surface area contributed by atoms with E-state index in [-0.39, 0.29) is 0 Å². The molecule has 11 rings (SSSR count). The molecule has 4 heterocycles. The lowest BCUT2D eigenvalue weighted by molar-refractivity contribution is 0.668. The number of fused-ring (bicyclic) bond motifs is 6. The van der Waals surface area contributed by atoms with Crippen LogP contribution in [0, 0.1) is 0 Å². The van der Waals surface area contributed by atoms with Crippen molar-refractivity contribution in [1.29, 1.82) is 0 Å². The third kappa shape index (κ3) is 5.45. The number of benzene rings is 7. The summed E-state index contributed by atoms with van der Waals surface area (Å²) in [5.41, 5.74) is 14.4. The molecule has 0 aliphatic heterocycles. The zero-order valence-corrected chi connectivity index (χ0v) is 30.1. The maximum absolute atomic E-state index is 6.67. The number of hydrogen-bond donors (Lipinski definition) is 0. The summed E-state index contributed by atoms with van der Waals surface area (Å²) in [7, 11) is 0. The van der Waals surface area contributed by atoms with Gasteiger partial charge in [-0.2, -0.15) is 0 Å². The molecule has 56 heavy (non-hydrogen) atoms. The van der Waals surface area contributed by atoms with Crippen molar-refractivity contribution in [2.75, 3.05) is 0 Å². The van der Waals surface area contributed by atoms with Crippen molar-refractivity contribution in [1.82, 2.24) is 15.0 Å². The fourth-order valence-electron chi connectivity index (χ4n) is 7.81. The second-order valence-electron chi connectivity index (χ2n) is 14.0. The van der Waals surface area contributed by atoms with Crippen molar-refractivity contribution in [3.05, 3.63) is 188 Å². The number of para-hydroxylation sites is 2. The Hall–Kier alpha value is -7.63. The first-order valence-electron chi connectivity index (χ1n) is 18.7. The molecule has 0 saturated heterocycles. The number of rotatable bonds is 6. The van der Waals surface area contributed by atoms with E-state index < -0.39 is 0 Å². The second-order valence-corrected chi connectivity index (χ2v) is 14.0. The molecular formula is C51H31N3O2. The van der Waals surface area contributed by atoms with Crippen molar-refractivity contribution in [2.24, 2.45) is 0 Å². The summed E-state index contributed by atoms with van der Waals surface area (Å²) < 4.78 is 13.0. The fraction of sp³-hybridized carbons (Fsp3) is 0. The average molecular weight is 718 g/mol. The molecule has 0 atom stereocenters. The first kappa shape index (κ1) is 31.9. The molecule has 0 N–H and O–H groups in total. The SMILES string of the molecule is c1ccc(-c2nc(-c3ccc(-c4ccccn4)cc3)cc(-c3ccc(-c4ccc(-c5ccc6c(c5)oc5ccccc56)c5c4oc4ccccc45)cc3)n2)cc1. The molecule has 0 aliphatic rings. The highest BCUT2D eigenvalue weighted by molar-refractivity contribution is 6.17. The summed E-state index contributed by atoms with van der Waals surface area (Å²) in [5.74, 6) is 0.677. The maximum atomic E-state index is 6.67. The van der Waals surface area contributed by atoms with Crippen LogP contribution in [-0.2, 0) is 0 Å². The molecule has 262 valence electrons. The van der Waals surface area contributed by atoms with Crippen LogP contribution in [0.4, 0.5) is 0 Å². The predicted octanol–water partition coefficient (Wildman–Crippen LogP) is 13.7. The Kier molecular flexibility index (Phi) is 7.42. The number of nitrogens with zero attached hydrogens (tertiary/aromatic N) is 3. The Bertz CT molecular complexity index is 3220. The summed E-state index contributed by atoms with van der Waals surface area (Å²) in [6.45, 7) is 0. The topological polar surface area (TPSA) is 65.0 Å². The minimum atomic E-state index is 0.677. The zero-order chi connectivity index (χ0) is 37.0. The van der Waals surface area contributed by atoms with E-state index in [1.807, 2.05) is 79.0 Å². The summed E-state index contributed by atoms with van der Waals surface area (Å²) in [6.07, 6.45) is 1.82. The van der Waals surface area contributed by atoms with Gasteiger partial charge in [-0.05, 0) is 65.2 Å². The van der Waals surface area contributed by atoms with Gasteiger partial charge in [-0.15, -0.1) is 0 Å². The summed E-state index contributed by atoms with van der Waals surface area (Å²) in [4.78, 5) is 14.6. The smallest absolute Gasteiger partial charge is 0.160 e. The Morgan fingerprint density at radius 3 is 1.62 bits per heavy atom. The lowest BCUT2D eigenvalue weighted by Crippen LogP contribution is -1.96. The van der Waals surface area contributed by atoms with Crippen LogP contribution >= 0.6 is 0 Å². The lowest BCUT2D eigenvalue weighted by atomic mass is 9.93. The standard InChI is InChI=1S/C51H31N3O2/c1-2-10-36(11-3-1)51-53-44(31-45(54-51)35-23-21-33(22-24-35)43-14-8-9-29-52-43)34-19-17-32(18-20-34)39-28-27-38(49-42-13-5-7-16-47(42)56-50(39)49)37-25-26-41-40-12-4-6-15-46(40)55-48(41)30-37/h1-31H. The van der Waals surface area contributed by atoms with Crippen molar-refractivity contribution < 1.29 is 8.83 Å². The first-order valence-corrected chi connectivity index (χ1v) is 18.7. The fourth-order valence-corrected chi connectivity index (χ4v) is 7.81. The van der Waals surface area contributed by atoms with Crippen LogP contribution in [0.1, 0.15) is 0 Å². The highest BCUT2D eigenvalue weighted by Crippen LogP contribution is 2.43. The molecule has 0 fully saturated rings. The molecule has 0 saturated carbocycles. The molecule has 5 heteroatoms. The molecule has 0 aliphatic carbocycles. The van der Waals surface area contributed by atoms with Gasteiger partial charge in [0, 0.05) is 55.6 Å². The van der Waals surface area contributed by atoms with Gasteiger partial charge in [0.05, 0.1) is 17.1 Å². The quantitative estimate of drug-likeness (QED) is 0.171. The summed E-state index contributed by atoms with van der Waals surface area (Å²) in [5, 5.41) is 4.39. The first-order chi connectivity index (χ1) is 27.7. The molecular weight excluding hydrogens is 687 g/mol. The predicted molar refractivity (Wildman–Crippen MR) is 227 cm³/mol. The summed E-state index contributed by atoms with van der Waals surface area (Å²) >= 11 is 0. The van der Waals surface area contributed by atoms with E-state index in [1.165, 1.54) is 0 Å². The van der Waals surface area contributed by atoms with Crippen molar-refractivity contribution in [3.8, 4) is 67.4 Å². The third-order valence-corrected chi connectivity index (χ3v) is 10.6. The lowest BCUT2D eigenvalue weighted by Gasteiger charge is -2.11. The van der Waals surface area contributed by atoms with Crippen LogP contribution in [0.25, 0.3) is 111 Å². The average Bonchev–Trinajstić information content (AvgIpc) is 3.85. The molecule has 7 aromatic carbocycles. The van der Waals surface area contributed by atoms with E-state index in [9.17, 15) is 0 Å². The monoisotopic (exact) mass is 717 g/mol. The number of aromatic nitrogens is 3. The van der Waals surface area contributed by atoms with Gasteiger partial charge in [0.1, 0.15) is 22.3 Å². The van der Waals surface area contributed by atoms with Gasteiger partial charge in [-0.3, -0.25) is 4.98 Å². The molecule has 0 amide bonds. The van der Waals surface area contributed by atoms with E-state index >= 15 is 0 Å². The van der Waals surface area contributed by atoms with Gasteiger partial charge in [-0.25, -0.2) is 9.97 Å². The van der Waals surface area contributed by atoms with Crippen molar-refractivity contribution >= 4 is 43.9 Å². The van der Waals surface area contributed by atoms with Crippen LogP contribution in [0.15, 0.2) is 197 Å². The van der Waals surface area contributed by atoms with Gasteiger partial charge in [-0.1, -0.05) is 133 Å². The van der Waals surface area contributed by atoms with Gasteiger partial charge in [0.2, 0.25) is 0 Å². The van der Waals surface area contributed by atoms with E-state index in [2.05, 4.69) is 114 Å². The zero-order valence-electron chi connectivity index (χ0n) is 30.1. The Morgan fingerprint density at radius 2 is 0.911 bits per heavy atom. The summed E-state index contributed by atoms with van der Waals surface area (Å²) in [6, 6.07) is 62.5. The Labute approximate surface area is 322 Å². The van der Waals surface area contributed by atoms with Crippen molar-refractivity contribution in [2.45, 2.75) is 0 Å². The van der Waals surface area contributed by atoms with E-state index in [1.54, 1.807) is 0 Å². The van der Waals surface area contributed by atoms with Gasteiger partial charge in [0.25, 0.3) is 0 Å². The molecule has 0 spiro atoms. The Morgan fingerprint density at radius 1 is 0.339 bits per heavy atom. The highest BCUT2D eigenvalue weighted by atomic mass is 16.3. The normalized spacial score (nSPS) is 11.6. The molecule has 0 radical (unpaired) electrons. The maximum Gasteiger partial charge on any atom is 0.160 e. The van der Waals surface area contributed by atoms with Crippen LogP contribution in [0.3, 0.4) is 0 Å². The Balaban J connectivity index is 0.998. The largest absolute Gasteiger partial charge is 0.456 e. The van der Waals surface area contributed by atoms with Gasteiger partial charge in [0.15, 0.2) is 5.82 Å². The number of hydrogen-bond acceptors (Lipinski definition) is 5. The minimum Gasteiger partial charge on any atom is -0.456 e. The van der Waals surface area contributed by atoms with Crippen molar-refractivity contribution in [3.63, 3.8) is 0 Å². The second kappa shape index (κ2) is 13.0. The number of pyridine rings is 1.